The maximum absolute atomic E-state index is 5.13. The minimum Gasteiger partial charge on any atom is -0.375 e. The van der Waals surface area contributed by atoms with E-state index in [9.17, 15) is 0 Å². The highest BCUT2D eigenvalue weighted by Gasteiger charge is 1.84. The van der Waals surface area contributed by atoms with Crippen molar-refractivity contribution >= 4 is 23.5 Å². The first-order valence-electron chi connectivity index (χ1n) is 3.12. The van der Waals surface area contributed by atoms with Gasteiger partial charge in [-0.25, -0.2) is 9.97 Å². The zero-order chi connectivity index (χ0) is 8.81. The summed E-state index contributed by atoms with van der Waals surface area (Å²) in [6.45, 7) is 0. The van der Waals surface area contributed by atoms with E-state index in [4.69, 9.17) is 5.73 Å². The molecule has 0 aromatic carbocycles. The summed E-state index contributed by atoms with van der Waals surface area (Å²) < 4.78 is 0. The first-order chi connectivity index (χ1) is 5.79. The monoisotopic (exact) mass is 181 g/mol. The number of hydrazone groups is 1. The van der Waals surface area contributed by atoms with Crippen LogP contribution < -0.4 is 11.2 Å². The Hall–Kier alpha value is -1.56. The molecule has 0 aliphatic carbocycles. The summed E-state index contributed by atoms with van der Waals surface area (Å²) >= 11 is 4.53. The van der Waals surface area contributed by atoms with Crippen molar-refractivity contribution in [2.24, 2.45) is 10.8 Å². The summed E-state index contributed by atoms with van der Waals surface area (Å²) in [7, 11) is 0. The van der Waals surface area contributed by atoms with Gasteiger partial charge >= 0.3 is 0 Å². The number of aromatic nitrogens is 2. The van der Waals surface area contributed by atoms with Gasteiger partial charge in [0, 0.05) is 18.0 Å². The minimum atomic E-state index is 0.128. The highest BCUT2D eigenvalue weighted by atomic mass is 32.1. The van der Waals surface area contributed by atoms with Crippen LogP contribution in [-0.2, 0) is 0 Å². The lowest BCUT2D eigenvalue weighted by atomic mass is 10.4. The van der Waals surface area contributed by atoms with Crippen molar-refractivity contribution in [2.45, 2.75) is 0 Å². The van der Waals surface area contributed by atoms with E-state index in [0.29, 0.717) is 0 Å². The van der Waals surface area contributed by atoms with Crippen LogP contribution in [0.1, 0.15) is 5.56 Å². The zero-order valence-corrected chi connectivity index (χ0v) is 6.95. The Balaban J connectivity index is 2.52. The molecule has 1 rings (SSSR count). The second kappa shape index (κ2) is 4.35. The molecule has 0 aliphatic heterocycles. The predicted molar refractivity (Wildman–Crippen MR) is 49.5 cm³/mol. The molecule has 62 valence electrons. The van der Waals surface area contributed by atoms with Gasteiger partial charge in [0.15, 0.2) is 5.11 Å². The van der Waals surface area contributed by atoms with Crippen LogP contribution in [0, 0.1) is 0 Å². The van der Waals surface area contributed by atoms with E-state index in [1.54, 1.807) is 12.4 Å². The lowest BCUT2D eigenvalue weighted by Crippen LogP contribution is -2.23. The second-order valence-electron chi connectivity index (χ2n) is 1.91. The summed E-state index contributed by atoms with van der Waals surface area (Å²) in [4.78, 5) is 7.58. The van der Waals surface area contributed by atoms with Crippen LogP contribution in [0.3, 0.4) is 0 Å². The first-order valence-corrected chi connectivity index (χ1v) is 3.53. The Morgan fingerprint density at radius 3 is 2.83 bits per heavy atom. The normalized spacial score (nSPS) is 10.0. The van der Waals surface area contributed by atoms with Gasteiger partial charge in [-0.2, -0.15) is 5.10 Å². The Kier molecular flexibility index (Phi) is 3.09. The molecule has 0 spiro atoms. The number of hydrogen-bond donors (Lipinski definition) is 2. The molecule has 0 aliphatic rings. The van der Waals surface area contributed by atoms with Gasteiger partial charge in [0.1, 0.15) is 6.33 Å². The van der Waals surface area contributed by atoms with Crippen molar-refractivity contribution in [2.75, 3.05) is 0 Å². The molecule has 0 unspecified atom stereocenters. The van der Waals surface area contributed by atoms with Gasteiger partial charge in [0.05, 0.1) is 6.21 Å². The molecule has 6 heteroatoms. The van der Waals surface area contributed by atoms with Gasteiger partial charge in [0.25, 0.3) is 0 Å². The Morgan fingerprint density at radius 2 is 2.25 bits per heavy atom. The van der Waals surface area contributed by atoms with Gasteiger partial charge in [-0.05, 0) is 12.2 Å². The molecule has 0 atom stereocenters. The van der Waals surface area contributed by atoms with Crippen LogP contribution in [0.2, 0.25) is 0 Å². The number of rotatable bonds is 2. The SMILES string of the molecule is NC(=S)NN=Cc1cncnc1. The largest absolute Gasteiger partial charge is 0.375 e. The van der Waals surface area contributed by atoms with Crippen LogP contribution in [0.15, 0.2) is 23.8 Å². The molecule has 0 saturated carbocycles. The number of nitrogens with one attached hydrogen (secondary N) is 1. The van der Waals surface area contributed by atoms with Gasteiger partial charge in [-0.3, -0.25) is 5.43 Å². The number of nitrogens with zero attached hydrogens (tertiary/aromatic N) is 3. The average molecular weight is 181 g/mol. The van der Waals surface area contributed by atoms with Crippen molar-refractivity contribution in [3.05, 3.63) is 24.3 Å². The number of nitrogens with two attached hydrogens (primary N) is 1. The third-order valence-corrected chi connectivity index (χ3v) is 1.06. The molecule has 1 heterocycles. The van der Waals surface area contributed by atoms with E-state index in [-0.39, 0.29) is 5.11 Å². The second-order valence-corrected chi connectivity index (χ2v) is 2.35. The lowest BCUT2D eigenvalue weighted by Gasteiger charge is -1.92. The fourth-order valence-electron chi connectivity index (χ4n) is 0.548. The maximum atomic E-state index is 5.13. The fraction of sp³-hybridized carbons (Fsp3) is 0. The minimum absolute atomic E-state index is 0.128. The molecule has 5 nitrogen and oxygen atoms in total. The predicted octanol–water partition coefficient (Wildman–Crippen LogP) is -0.356. The molecule has 1 aromatic rings. The van der Waals surface area contributed by atoms with Gasteiger partial charge < -0.3 is 5.73 Å². The van der Waals surface area contributed by atoms with Crippen molar-refractivity contribution in [1.82, 2.24) is 15.4 Å². The molecule has 0 radical (unpaired) electrons. The number of hydrogen-bond acceptors (Lipinski definition) is 4. The molecule has 0 bridgehead atoms. The molecular weight excluding hydrogens is 174 g/mol. The Morgan fingerprint density at radius 1 is 1.58 bits per heavy atom. The summed E-state index contributed by atoms with van der Waals surface area (Å²) in [6, 6.07) is 0. The first kappa shape index (κ1) is 8.54. The molecule has 1 aromatic heterocycles. The molecular formula is C6H7N5S. The standard InChI is InChI=1S/C6H7N5S/c7-6(12)11-10-3-5-1-8-4-9-2-5/h1-4H,(H3,7,11,12). The van der Waals surface area contributed by atoms with Crippen LogP contribution in [0.25, 0.3) is 0 Å². The van der Waals surface area contributed by atoms with Crippen molar-refractivity contribution in [1.29, 1.82) is 0 Å². The van der Waals surface area contributed by atoms with E-state index >= 15 is 0 Å². The Bertz CT molecular complexity index is 283. The van der Waals surface area contributed by atoms with Gasteiger partial charge in [-0.15, -0.1) is 0 Å². The summed E-state index contributed by atoms with van der Waals surface area (Å²) in [5.41, 5.74) is 8.33. The van der Waals surface area contributed by atoms with Gasteiger partial charge in [-0.1, -0.05) is 0 Å². The van der Waals surface area contributed by atoms with Crippen LogP contribution in [0.5, 0.6) is 0 Å². The fourth-order valence-corrected chi connectivity index (χ4v) is 0.600. The van der Waals surface area contributed by atoms with Crippen molar-refractivity contribution in [3.8, 4) is 0 Å². The summed E-state index contributed by atoms with van der Waals surface area (Å²) in [5, 5.41) is 3.85. The summed E-state index contributed by atoms with van der Waals surface area (Å²) in [6.07, 6.45) is 6.22. The molecule has 3 N–H and O–H groups in total. The van der Waals surface area contributed by atoms with E-state index in [1.807, 2.05) is 0 Å². The molecule has 12 heavy (non-hydrogen) atoms. The van der Waals surface area contributed by atoms with Crippen molar-refractivity contribution in [3.63, 3.8) is 0 Å². The maximum Gasteiger partial charge on any atom is 0.184 e. The van der Waals surface area contributed by atoms with Crippen molar-refractivity contribution < 1.29 is 0 Å². The average Bonchev–Trinajstić information content (AvgIpc) is 2.05. The van der Waals surface area contributed by atoms with E-state index in [2.05, 4.69) is 32.7 Å². The third-order valence-electron chi connectivity index (χ3n) is 0.969. The quantitative estimate of drug-likeness (QED) is 0.370. The topological polar surface area (TPSA) is 76.2 Å². The smallest absolute Gasteiger partial charge is 0.184 e. The molecule has 0 fully saturated rings. The lowest BCUT2D eigenvalue weighted by molar-refractivity contribution is 1.04. The zero-order valence-electron chi connectivity index (χ0n) is 6.14. The van der Waals surface area contributed by atoms with Crippen LogP contribution in [-0.4, -0.2) is 21.3 Å². The van der Waals surface area contributed by atoms with Crippen LogP contribution in [0.4, 0.5) is 0 Å². The summed E-state index contributed by atoms with van der Waals surface area (Å²) in [5.74, 6) is 0. The number of thiocarbonyl (C=S) groups is 1. The third kappa shape index (κ3) is 3.02. The Labute approximate surface area is 74.7 Å². The highest BCUT2D eigenvalue weighted by molar-refractivity contribution is 7.80. The molecule has 0 amide bonds. The van der Waals surface area contributed by atoms with Crippen LogP contribution >= 0.6 is 12.2 Å². The van der Waals surface area contributed by atoms with Gasteiger partial charge in [0.2, 0.25) is 0 Å². The molecule has 0 saturated heterocycles. The van der Waals surface area contributed by atoms with E-state index < -0.39 is 0 Å². The van der Waals surface area contributed by atoms with E-state index in [1.165, 1.54) is 12.5 Å². The highest BCUT2D eigenvalue weighted by Crippen LogP contribution is 1.85. The van der Waals surface area contributed by atoms with E-state index in [0.717, 1.165) is 5.56 Å².